The molecule has 6 rings (SSSR count). The molecular weight excluding hydrogens is 586 g/mol. The number of nitrogens with one attached hydrogen (secondary N) is 1. The molecule has 218 valence electrons. The minimum atomic E-state index is -1.21. The van der Waals surface area contributed by atoms with Crippen molar-refractivity contribution in [3.8, 4) is 5.82 Å². The van der Waals surface area contributed by atoms with E-state index in [9.17, 15) is 0 Å². The van der Waals surface area contributed by atoms with E-state index in [0.717, 1.165) is 44.4 Å². The Morgan fingerprint density at radius 1 is 1.07 bits per heavy atom. The summed E-state index contributed by atoms with van der Waals surface area (Å²) in [6, 6.07) is 10.7. The predicted molar refractivity (Wildman–Crippen MR) is 171 cm³/mol. The first kappa shape index (κ1) is 28.7. The zero-order chi connectivity index (χ0) is 29.1. The monoisotopic (exact) mass is 619 g/mol. The van der Waals surface area contributed by atoms with Crippen molar-refractivity contribution in [1.29, 1.82) is 0 Å². The third-order valence-electron chi connectivity index (χ3n) is 7.21. The second-order valence-corrected chi connectivity index (χ2v) is 18.7. The van der Waals surface area contributed by atoms with Gasteiger partial charge in [-0.25, -0.2) is 14.6 Å². The van der Waals surface area contributed by atoms with Crippen molar-refractivity contribution in [2.75, 3.05) is 23.6 Å². The minimum absolute atomic E-state index is 0.362. The summed E-state index contributed by atoms with van der Waals surface area (Å²) in [5, 5.41) is 19.1. The summed E-state index contributed by atoms with van der Waals surface area (Å²) in [5.74, 6) is 1.82. The normalized spacial score (nSPS) is 14.1. The number of pyridine rings is 3. The summed E-state index contributed by atoms with van der Waals surface area (Å²) in [6.45, 7) is 8.14. The van der Waals surface area contributed by atoms with Gasteiger partial charge in [-0.2, -0.15) is 5.10 Å². The molecule has 1 aliphatic rings. The van der Waals surface area contributed by atoms with Gasteiger partial charge in [0.1, 0.15) is 17.6 Å². The molecule has 0 bridgehead atoms. The average molecular weight is 620 g/mol. The molecule has 0 spiro atoms. The average Bonchev–Trinajstić information content (AvgIpc) is 3.75. The Hall–Kier alpha value is -3.45. The second-order valence-electron chi connectivity index (χ2n) is 11.7. The highest BCUT2D eigenvalue weighted by Gasteiger charge is 2.24. The molecule has 5 heterocycles. The molecule has 0 saturated heterocycles. The lowest BCUT2D eigenvalue weighted by Gasteiger charge is -2.22. The molecule has 42 heavy (non-hydrogen) atoms. The summed E-state index contributed by atoms with van der Waals surface area (Å²) in [5.41, 5.74) is 3.04. The topological polar surface area (TPSA) is 107 Å². The van der Waals surface area contributed by atoms with Crippen LogP contribution in [-0.4, -0.2) is 56.3 Å². The lowest BCUT2D eigenvalue weighted by molar-refractivity contribution is 0.153. The predicted octanol–water partition coefficient (Wildman–Crippen LogP) is 7.57. The van der Waals surface area contributed by atoms with E-state index >= 15 is 0 Å². The molecule has 1 aliphatic carbocycles. The van der Waals surface area contributed by atoms with E-state index in [1.807, 2.05) is 35.2 Å². The number of anilines is 4. The number of rotatable bonds is 11. The van der Waals surface area contributed by atoms with Crippen molar-refractivity contribution >= 4 is 64.4 Å². The van der Waals surface area contributed by atoms with Crippen LogP contribution in [0.1, 0.15) is 36.6 Å². The fourth-order valence-electron chi connectivity index (χ4n) is 4.87. The minimum Gasteiger partial charge on any atom is -0.361 e. The fourth-order valence-corrected chi connectivity index (χ4v) is 6.89. The first-order chi connectivity index (χ1) is 20.3. The van der Waals surface area contributed by atoms with Gasteiger partial charge in [0.25, 0.3) is 0 Å². The van der Waals surface area contributed by atoms with Gasteiger partial charge in [-0.05, 0) is 49.2 Å². The Morgan fingerprint density at radius 2 is 1.88 bits per heavy atom. The van der Waals surface area contributed by atoms with Crippen molar-refractivity contribution in [2.24, 2.45) is 0 Å². The SMILES string of the molecule is C[Si](C)(C)CCOCN(c1ccc2ncc(Nc3cnc(-n4cccn4)c(Cl)c3)cc2n1)c1nnc(C2CCCC2)s1. The number of hydrogen-bond acceptors (Lipinski definition) is 10. The van der Waals surface area contributed by atoms with Gasteiger partial charge < -0.3 is 10.1 Å². The highest BCUT2D eigenvalue weighted by molar-refractivity contribution is 7.15. The highest BCUT2D eigenvalue weighted by atomic mass is 35.5. The molecule has 0 aromatic carbocycles. The van der Waals surface area contributed by atoms with Crippen LogP contribution < -0.4 is 10.2 Å². The largest absolute Gasteiger partial charge is 0.361 e. The molecule has 13 heteroatoms. The molecule has 0 aliphatic heterocycles. The van der Waals surface area contributed by atoms with Crippen molar-refractivity contribution in [2.45, 2.75) is 57.3 Å². The maximum atomic E-state index is 6.50. The van der Waals surface area contributed by atoms with E-state index in [4.69, 9.17) is 21.3 Å². The molecule has 1 saturated carbocycles. The number of hydrogen-bond donors (Lipinski definition) is 1. The number of fused-ring (bicyclic) bond motifs is 1. The molecule has 5 aromatic heterocycles. The van der Waals surface area contributed by atoms with Crippen molar-refractivity contribution in [3.63, 3.8) is 0 Å². The van der Waals surface area contributed by atoms with Gasteiger partial charge in [-0.15, -0.1) is 10.2 Å². The van der Waals surface area contributed by atoms with Gasteiger partial charge in [-0.3, -0.25) is 9.88 Å². The first-order valence-corrected chi connectivity index (χ1v) is 19.1. The molecule has 10 nitrogen and oxygen atoms in total. The Labute approximate surface area is 255 Å². The van der Waals surface area contributed by atoms with Crippen LogP contribution in [0.25, 0.3) is 16.9 Å². The van der Waals surface area contributed by atoms with Gasteiger partial charge >= 0.3 is 0 Å². The van der Waals surface area contributed by atoms with Gasteiger partial charge in [0.15, 0.2) is 5.82 Å². The summed E-state index contributed by atoms with van der Waals surface area (Å²) < 4.78 is 7.81. The number of aromatic nitrogens is 7. The standard InChI is InChI=1S/C29H34ClN9OSSi/c1-42(2,3)14-13-40-19-38(29-37-36-28(41-29)20-7-4-5-8-20)26-10-9-24-25(35-26)16-22(17-31-24)34-21-15-23(30)27(32-18-21)39-12-6-11-33-39/h6,9-12,15-18,20,34H,4-5,7-8,13-14,19H2,1-3H3. The molecule has 0 atom stereocenters. The van der Waals surface area contributed by atoms with Crippen LogP contribution in [0.15, 0.2) is 55.1 Å². The van der Waals surface area contributed by atoms with Gasteiger partial charge in [0.05, 0.1) is 39.8 Å². The van der Waals surface area contributed by atoms with Gasteiger partial charge in [0, 0.05) is 33.0 Å². The molecule has 0 unspecified atom stereocenters. The second kappa shape index (κ2) is 12.4. The third-order valence-corrected chi connectivity index (χ3v) is 10.3. The quantitative estimate of drug-likeness (QED) is 0.0910. The van der Waals surface area contributed by atoms with Crippen LogP contribution in [-0.2, 0) is 4.74 Å². The molecule has 1 fully saturated rings. The van der Waals surface area contributed by atoms with Crippen LogP contribution >= 0.6 is 22.9 Å². The maximum Gasteiger partial charge on any atom is 0.215 e. The van der Waals surface area contributed by atoms with E-state index in [1.165, 1.54) is 25.7 Å². The Bertz CT molecular complexity index is 1650. The van der Waals surface area contributed by atoms with Crippen LogP contribution in [0.3, 0.4) is 0 Å². The van der Waals surface area contributed by atoms with Crippen molar-refractivity contribution in [3.05, 3.63) is 65.1 Å². The van der Waals surface area contributed by atoms with Crippen LogP contribution in [0.2, 0.25) is 30.7 Å². The van der Waals surface area contributed by atoms with Crippen LogP contribution in [0.5, 0.6) is 0 Å². The van der Waals surface area contributed by atoms with Crippen LogP contribution in [0.4, 0.5) is 22.3 Å². The number of nitrogens with zero attached hydrogens (tertiary/aromatic N) is 8. The highest BCUT2D eigenvalue weighted by Crippen LogP contribution is 2.38. The Morgan fingerprint density at radius 3 is 2.64 bits per heavy atom. The first-order valence-electron chi connectivity index (χ1n) is 14.2. The smallest absolute Gasteiger partial charge is 0.215 e. The lowest BCUT2D eigenvalue weighted by Crippen LogP contribution is -2.26. The molecular formula is C29H34ClN9OSSi. The van der Waals surface area contributed by atoms with E-state index in [1.54, 1.807) is 40.8 Å². The molecule has 0 radical (unpaired) electrons. The molecule has 0 amide bonds. The van der Waals surface area contributed by atoms with E-state index in [0.29, 0.717) is 30.1 Å². The zero-order valence-corrected chi connectivity index (χ0v) is 26.6. The van der Waals surface area contributed by atoms with E-state index in [-0.39, 0.29) is 0 Å². The summed E-state index contributed by atoms with van der Waals surface area (Å²) >= 11 is 8.15. The van der Waals surface area contributed by atoms with Crippen molar-refractivity contribution in [1.82, 2.24) is 34.9 Å². The Balaban J connectivity index is 1.25. The molecule has 5 aromatic rings. The fraction of sp³-hybridized carbons (Fsp3) is 0.379. The summed E-state index contributed by atoms with van der Waals surface area (Å²) in [7, 11) is -1.21. The Kier molecular flexibility index (Phi) is 8.47. The third kappa shape index (κ3) is 6.78. The summed E-state index contributed by atoms with van der Waals surface area (Å²) in [4.78, 5) is 16.1. The number of halogens is 1. The van der Waals surface area contributed by atoms with E-state index in [2.05, 4.69) is 50.2 Å². The van der Waals surface area contributed by atoms with Crippen molar-refractivity contribution < 1.29 is 4.74 Å². The van der Waals surface area contributed by atoms with E-state index < -0.39 is 8.07 Å². The van der Waals surface area contributed by atoms with Gasteiger partial charge in [-0.1, -0.05) is 55.4 Å². The maximum absolute atomic E-state index is 6.50. The zero-order valence-electron chi connectivity index (χ0n) is 24.0. The molecule has 1 N–H and O–H groups in total. The summed E-state index contributed by atoms with van der Waals surface area (Å²) in [6.07, 6.45) is 11.9. The van der Waals surface area contributed by atoms with Crippen LogP contribution in [0, 0.1) is 0 Å². The van der Waals surface area contributed by atoms with Gasteiger partial charge in [0.2, 0.25) is 5.13 Å². The lowest BCUT2D eigenvalue weighted by atomic mass is 10.1. The number of ether oxygens (including phenoxy) is 1.